The van der Waals surface area contributed by atoms with Crippen molar-refractivity contribution in [3.63, 3.8) is 0 Å². The number of rotatable bonds is 5. The Morgan fingerprint density at radius 2 is 2.00 bits per heavy atom. The lowest BCUT2D eigenvalue weighted by Gasteiger charge is -2.22. The van der Waals surface area contributed by atoms with Gasteiger partial charge in [-0.3, -0.25) is 4.79 Å². The van der Waals surface area contributed by atoms with E-state index in [4.69, 9.17) is 0 Å². The molecule has 1 unspecified atom stereocenters. The van der Waals surface area contributed by atoms with E-state index in [1.165, 1.54) is 13.8 Å². The van der Waals surface area contributed by atoms with Crippen molar-refractivity contribution < 1.29 is 31.5 Å². The standard InChI is InChI=1S/C21H23F3N4O4S2/c1-20(2,30)12-7-14-15(28(3)17(25-14)6-11-4-5-34(31,32)10-11)8-13(12)26-18(29)19-27-16(9-33-19)21(22,23)24/h7-9,11,30H,4-6,10H2,1-3H3,(H,26,29). The van der Waals surface area contributed by atoms with E-state index < -0.39 is 33.2 Å². The summed E-state index contributed by atoms with van der Waals surface area (Å²) >= 11 is 0.573. The van der Waals surface area contributed by atoms with Gasteiger partial charge >= 0.3 is 6.18 Å². The van der Waals surface area contributed by atoms with Gasteiger partial charge < -0.3 is 15.0 Å². The van der Waals surface area contributed by atoms with E-state index in [-0.39, 0.29) is 28.1 Å². The maximum atomic E-state index is 12.9. The lowest BCUT2D eigenvalue weighted by Crippen LogP contribution is -2.21. The molecule has 184 valence electrons. The molecule has 3 aromatic rings. The lowest BCUT2D eigenvalue weighted by molar-refractivity contribution is -0.140. The predicted octanol–water partition coefficient (Wildman–Crippen LogP) is 3.51. The molecule has 1 atom stereocenters. The monoisotopic (exact) mass is 516 g/mol. The molecule has 2 aromatic heterocycles. The van der Waals surface area contributed by atoms with Crippen LogP contribution in [0.1, 0.15) is 47.2 Å². The van der Waals surface area contributed by atoms with Crippen LogP contribution >= 0.6 is 11.3 Å². The molecule has 1 aliphatic rings. The van der Waals surface area contributed by atoms with Gasteiger partial charge in [-0.05, 0) is 38.3 Å². The number of carbonyl (C=O) groups excluding carboxylic acids is 1. The van der Waals surface area contributed by atoms with Crippen LogP contribution in [0, 0.1) is 5.92 Å². The molecule has 0 aliphatic carbocycles. The minimum atomic E-state index is -4.66. The number of alkyl halides is 3. The molecule has 13 heteroatoms. The number of benzene rings is 1. The highest BCUT2D eigenvalue weighted by Crippen LogP contribution is 2.34. The average Bonchev–Trinajstić information content (AvgIpc) is 3.39. The number of fused-ring (bicyclic) bond motifs is 1. The van der Waals surface area contributed by atoms with Crippen molar-refractivity contribution in [3.8, 4) is 0 Å². The van der Waals surface area contributed by atoms with Crippen molar-refractivity contribution in [2.45, 2.75) is 38.5 Å². The summed E-state index contributed by atoms with van der Waals surface area (Å²) in [6.07, 6.45) is -3.63. The number of aryl methyl sites for hydroxylation is 1. The summed E-state index contributed by atoms with van der Waals surface area (Å²) in [4.78, 5) is 20.6. The highest BCUT2D eigenvalue weighted by atomic mass is 32.2. The SMILES string of the molecule is Cn1c(CC2CCS(=O)(=O)C2)nc2cc(C(C)(C)O)c(NC(=O)c3nc(C(F)(F)F)cs3)cc21. The van der Waals surface area contributed by atoms with Crippen molar-refractivity contribution in [3.05, 3.63) is 39.6 Å². The van der Waals surface area contributed by atoms with Crippen LogP contribution in [0.2, 0.25) is 0 Å². The number of aromatic nitrogens is 3. The van der Waals surface area contributed by atoms with Crippen molar-refractivity contribution in [1.29, 1.82) is 0 Å². The lowest BCUT2D eigenvalue weighted by atomic mass is 9.95. The first-order valence-electron chi connectivity index (χ1n) is 10.4. The number of carbonyl (C=O) groups is 1. The number of hydrogen-bond acceptors (Lipinski definition) is 7. The van der Waals surface area contributed by atoms with Crippen molar-refractivity contribution >= 4 is 43.8 Å². The fraction of sp³-hybridized carbons (Fsp3) is 0.476. The summed E-state index contributed by atoms with van der Waals surface area (Å²) in [7, 11) is -1.27. The molecule has 3 heterocycles. The Morgan fingerprint density at radius 1 is 1.29 bits per heavy atom. The molecule has 1 fully saturated rings. The highest BCUT2D eigenvalue weighted by Gasteiger charge is 2.35. The van der Waals surface area contributed by atoms with Crippen LogP contribution in [0.5, 0.6) is 0 Å². The van der Waals surface area contributed by atoms with Gasteiger partial charge in [-0.15, -0.1) is 11.3 Å². The van der Waals surface area contributed by atoms with E-state index >= 15 is 0 Å². The highest BCUT2D eigenvalue weighted by molar-refractivity contribution is 7.91. The average molecular weight is 517 g/mol. The van der Waals surface area contributed by atoms with Gasteiger partial charge in [0, 0.05) is 30.1 Å². The van der Waals surface area contributed by atoms with Crippen LogP contribution < -0.4 is 5.32 Å². The van der Waals surface area contributed by atoms with Crippen LogP contribution in [0.4, 0.5) is 18.9 Å². The van der Waals surface area contributed by atoms with Gasteiger partial charge in [-0.2, -0.15) is 13.2 Å². The van der Waals surface area contributed by atoms with Gasteiger partial charge in [0.25, 0.3) is 5.91 Å². The summed E-state index contributed by atoms with van der Waals surface area (Å²) in [6, 6.07) is 3.21. The number of hydrogen-bond donors (Lipinski definition) is 2. The number of aliphatic hydroxyl groups is 1. The first kappa shape index (κ1) is 24.6. The number of halogens is 3. The molecule has 0 saturated carbocycles. The van der Waals surface area contributed by atoms with Crippen LogP contribution in [0.3, 0.4) is 0 Å². The maximum absolute atomic E-state index is 12.9. The Labute approximate surface area is 197 Å². The number of thiazole rings is 1. The molecule has 34 heavy (non-hydrogen) atoms. The second-order valence-corrected chi connectivity index (χ2v) is 12.1. The Kier molecular flexibility index (Phi) is 6.01. The molecule has 0 bridgehead atoms. The van der Waals surface area contributed by atoms with E-state index in [2.05, 4.69) is 15.3 Å². The fourth-order valence-corrected chi connectivity index (χ4v) is 6.64. The Hall–Kier alpha value is -2.51. The molecule has 4 rings (SSSR count). The zero-order valence-corrected chi connectivity index (χ0v) is 20.2. The molecule has 1 saturated heterocycles. The van der Waals surface area contributed by atoms with Crippen LogP contribution in [-0.2, 0) is 35.1 Å². The molecule has 1 amide bonds. The fourth-order valence-electron chi connectivity index (χ4n) is 4.06. The normalized spacial score (nSPS) is 18.5. The van der Waals surface area contributed by atoms with Gasteiger partial charge in [0.15, 0.2) is 20.5 Å². The maximum Gasteiger partial charge on any atom is 0.434 e. The van der Waals surface area contributed by atoms with Crippen molar-refractivity contribution in [2.75, 3.05) is 16.8 Å². The van der Waals surface area contributed by atoms with E-state index in [1.807, 2.05) is 0 Å². The van der Waals surface area contributed by atoms with Crippen LogP contribution in [-0.4, -0.2) is 45.5 Å². The van der Waals surface area contributed by atoms with Crippen molar-refractivity contribution in [1.82, 2.24) is 14.5 Å². The number of anilines is 1. The predicted molar refractivity (Wildman–Crippen MR) is 121 cm³/mol. The quantitative estimate of drug-likeness (QED) is 0.537. The van der Waals surface area contributed by atoms with Crippen molar-refractivity contribution in [2.24, 2.45) is 13.0 Å². The first-order chi connectivity index (χ1) is 15.6. The number of nitrogens with zero attached hydrogens (tertiary/aromatic N) is 3. The summed E-state index contributed by atoms with van der Waals surface area (Å²) in [5.41, 5.74) is -0.836. The van der Waals surface area contributed by atoms with Gasteiger partial charge in [0.2, 0.25) is 0 Å². The Bertz CT molecular complexity index is 1370. The smallest absolute Gasteiger partial charge is 0.386 e. The minimum absolute atomic E-state index is 0.0406. The molecule has 2 N–H and O–H groups in total. The number of amides is 1. The third-order valence-corrected chi connectivity index (χ3v) is 8.48. The van der Waals surface area contributed by atoms with Gasteiger partial charge in [0.1, 0.15) is 5.82 Å². The third-order valence-electron chi connectivity index (χ3n) is 5.81. The molecular formula is C21H23F3N4O4S2. The van der Waals surface area contributed by atoms with E-state index in [9.17, 15) is 31.5 Å². The zero-order chi connectivity index (χ0) is 25.1. The number of imidazole rings is 1. The molecule has 1 aromatic carbocycles. The third kappa shape index (κ3) is 4.96. The van der Waals surface area contributed by atoms with E-state index in [0.29, 0.717) is 46.6 Å². The van der Waals surface area contributed by atoms with Gasteiger partial charge in [-0.25, -0.2) is 18.4 Å². The Morgan fingerprint density at radius 3 is 2.56 bits per heavy atom. The zero-order valence-electron chi connectivity index (χ0n) is 18.6. The second-order valence-electron chi connectivity index (χ2n) is 9.00. The number of nitrogens with one attached hydrogen (secondary N) is 1. The van der Waals surface area contributed by atoms with Gasteiger partial charge in [-0.1, -0.05) is 0 Å². The first-order valence-corrected chi connectivity index (χ1v) is 13.1. The van der Waals surface area contributed by atoms with E-state index in [0.717, 1.165) is 5.38 Å². The molecule has 0 spiro atoms. The number of sulfone groups is 1. The summed E-state index contributed by atoms with van der Waals surface area (Å²) in [5, 5.41) is 13.7. The summed E-state index contributed by atoms with van der Waals surface area (Å²) in [5.74, 6) is 0.0650. The summed E-state index contributed by atoms with van der Waals surface area (Å²) in [6.45, 7) is 3.03. The van der Waals surface area contributed by atoms with E-state index in [1.54, 1.807) is 23.7 Å². The molecule has 0 radical (unpaired) electrons. The minimum Gasteiger partial charge on any atom is -0.386 e. The molecule has 1 aliphatic heterocycles. The van der Waals surface area contributed by atoms with Crippen LogP contribution in [0.15, 0.2) is 17.5 Å². The largest absolute Gasteiger partial charge is 0.434 e. The topological polar surface area (TPSA) is 114 Å². The molecule has 8 nitrogen and oxygen atoms in total. The van der Waals surface area contributed by atoms with Gasteiger partial charge in [0.05, 0.1) is 28.1 Å². The Balaban J connectivity index is 1.68. The second kappa shape index (κ2) is 8.31. The molecular weight excluding hydrogens is 493 g/mol. The van der Waals surface area contributed by atoms with Crippen LogP contribution in [0.25, 0.3) is 11.0 Å². The summed E-state index contributed by atoms with van der Waals surface area (Å²) < 4.78 is 64.0.